The second-order valence-electron chi connectivity index (χ2n) is 7.40. The number of nitro groups is 1. The molecule has 3 heterocycles. The van der Waals surface area contributed by atoms with Crippen LogP contribution in [0.15, 0.2) is 84.6 Å². The minimum Gasteiger partial charge on any atom is -0.258 e. The van der Waals surface area contributed by atoms with Crippen molar-refractivity contribution in [2.24, 2.45) is 0 Å². The second kappa shape index (κ2) is 8.11. The number of benzene rings is 3. The summed E-state index contributed by atoms with van der Waals surface area (Å²) in [5.74, 6) is -0.0139. The maximum Gasteiger partial charge on any atom is 0.316 e. The van der Waals surface area contributed by atoms with Crippen LogP contribution < -0.4 is 0 Å². The van der Waals surface area contributed by atoms with E-state index in [1.54, 1.807) is 66.7 Å². The standard InChI is InChI=1S/C22H13ClN10O2/c23-21(30-17-10-4-1-7-14(17)24-27-30)13-20(33(34)35)22(31-18-11-5-2-8-15(18)25-28-31)32-19-12-6-3-9-16(19)26-29-32/h1-13H/b21-13-. The molecule has 3 aromatic heterocycles. The highest BCUT2D eigenvalue weighted by atomic mass is 35.5. The normalized spacial score (nSPS) is 12.0. The highest BCUT2D eigenvalue weighted by molar-refractivity contribution is 6.45. The molecule has 0 saturated heterocycles. The molecule has 0 aliphatic carbocycles. The Morgan fingerprint density at radius 1 is 0.714 bits per heavy atom. The lowest BCUT2D eigenvalue weighted by atomic mass is 10.3. The molecular formula is C22H13ClN10O2. The van der Waals surface area contributed by atoms with Crippen molar-refractivity contribution in [2.45, 2.75) is 0 Å². The zero-order chi connectivity index (χ0) is 23.9. The van der Waals surface area contributed by atoms with E-state index in [1.165, 1.54) is 20.1 Å². The van der Waals surface area contributed by atoms with Crippen LogP contribution in [0.1, 0.15) is 0 Å². The van der Waals surface area contributed by atoms with Crippen molar-refractivity contribution < 1.29 is 4.92 Å². The number of hydrogen-bond acceptors (Lipinski definition) is 8. The van der Waals surface area contributed by atoms with Crippen molar-refractivity contribution in [3.8, 4) is 0 Å². The minimum atomic E-state index is -0.566. The SMILES string of the molecule is O=[N+]([O-])C(/C=C(/Cl)n1nnc2ccccc21)=C(n1nnc2ccccc21)n1nnc2ccccc21. The third-order valence-corrected chi connectivity index (χ3v) is 5.61. The lowest BCUT2D eigenvalue weighted by molar-refractivity contribution is -0.422. The molecule has 0 unspecified atom stereocenters. The molecule has 6 aromatic rings. The Morgan fingerprint density at radius 2 is 1.11 bits per heavy atom. The third-order valence-electron chi connectivity index (χ3n) is 5.34. The van der Waals surface area contributed by atoms with Crippen molar-refractivity contribution in [1.29, 1.82) is 0 Å². The Kier molecular flexibility index (Phi) is 4.78. The topological polar surface area (TPSA) is 135 Å². The maximum atomic E-state index is 12.4. The van der Waals surface area contributed by atoms with Gasteiger partial charge in [-0.1, -0.05) is 63.6 Å². The number of halogens is 1. The monoisotopic (exact) mass is 484 g/mol. The Morgan fingerprint density at radius 3 is 1.57 bits per heavy atom. The van der Waals surface area contributed by atoms with Gasteiger partial charge in [0.15, 0.2) is 0 Å². The van der Waals surface area contributed by atoms with Gasteiger partial charge in [0.05, 0.1) is 27.5 Å². The molecule has 0 aliphatic heterocycles. The Hall–Kier alpha value is -4.97. The number of nitrogens with zero attached hydrogens (tertiary/aromatic N) is 10. The van der Waals surface area contributed by atoms with Gasteiger partial charge in [0.1, 0.15) is 21.7 Å². The summed E-state index contributed by atoms with van der Waals surface area (Å²) in [5.41, 5.74) is 2.96. The molecule has 0 radical (unpaired) electrons. The summed E-state index contributed by atoms with van der Waals surface area (Å²) in [6.45, 7) is 0. The Labute approximate surface area is 200 Å². The molecule has 6 rings (SSSR count). The largest absolute Gasteiger partial charge is 0.316 e. The van der Waals surface area contributed by atoms with Gasteiger partial charge in [-0.15, -0.1) is 15.3 Å². The Bertz CT molecular complexity index is 1740. The van der Waals surface area contributed by atoms with E-state index in [-0.39, 0.29) is 11.0 Å². The fourth-order valence-electron chi connectivity index (χ4n) is 3.76. The summed E-state index contributed by atoms with van der Waals surface area (Å²) >= 11 is 6.56. The molecule has 13 heteroatoms. The fraction of sp³-hybridized carbons (Fsp3) is 0. The number of aromatic nitrogens is 9. The zero-order valence-electron chi connectivity index (χ0n) is 17.7. The molecule has 0 bridgehead atoms. The lowest BCUT2D eigenvalue weighted by Gasteiger charge is -2.09. The summed E-state index contributed by atoms with van der Waals surface area (Å²) < 4.78 is 4.00. The van der Waals surface area contributed by atoms with Gasteiger partial charge in [-0.25, -0.2) is 4.68 Å². The van der Waals surface area contributed by atoms with Crippen molar-refractivity contribution in [1.82, 2.24) is 45.0 Å². The van der Waals surface area contributed by atoms with E-state index in [2.05, 4.69) is 30.9 Å². The van der Waals surface area contributed by atoms with Crippen LogP contribution in [0.2, 0.25) is 0 Å². The van der Waals surface area contributed by atoms with E-state index in [0.29, 0.717) is 33.1 Å². The van der Waals surface area contributed by atoms with Crippen molar-refractivity contribution in [2.75, 3.05) is 0 Å². The molecule has 0 atom stereocenters. The van der Waals surface area contributed by atoms with Gasteiger partial charge in [0.2, 0.25) is 5.82 Å². The highest BCUT2D eigenvalue weighted by Gasteiger charge is 2.27. The van der Waals surface area contributed by atoms with Crippen molar-refractivity contribution in [3.05, 3.63) is 101 Å². The van der Waals surface area contributed by atoms with Crippen LogP contribution in [0.25, 0.3) is 38.3 Å². The molecule has 12 nitrogen and oxygen atoms in total. The summed E-state index contributed by atoms with van der Waals surface area (Å²) in [6.07, 6.45) is 1.19. The number of fused-ring (bicyclic) bond motifs is 3. The fourth-order valence-corrected chi connectivity index (χ4v) is 3.99. The van der Waals surface area contributed by atoms with E-state index in [1.807, 2.05) is 6.07 Å². The molecule has 35 heavy (non-hydrogen) atoms. The molecule has 3 aromatic carbocycles. The molecule has 170 valence electrons. The smallest absolute Gasteiger partial charge is 0.258 e. The van der Waals surface area contributed by atoms with E-state index < -0.39 is 10.6 Å². The molecule has 0 N–H and O–H groups in total. The zero-order valence-corrected chi connectivity index (χ0v) is 18.4. The maximum absolute atomic E-state index is 12.4. The van der Waals surface area contributed by atoms with Gasteiger partial charge in [-0.05, 0) is 36.4 Å². The van der Waals surface area contributed by atoms with E-state index in [0.717, 1.165) is 0 Å². The molecule has 0 aliphatic rings. The average Bonchev–Trinajstić information content (AvgIpc) is 3.61. The summed E-state index contributed by atoms with van der Waals surface area (Å²) in [5, 5.41) is 37.2. The van der Waals surface area contributed by atoms with Crippen LogP contribution in [0.4, 0.5) is 0 Å². The van der Waals surface area contributed by atoms with Crippen molar-refractivity contribution >= 4 is 49.9 Å². The number of hydrogen-bond donors (Lipinski definition) is 0. The van der Waals surface area contributed by atoms with Gasteiger partial charge < -0.3 is 0 Å². The molecule has 0 amide bonds. The van der Waals surface area contributed by atoms with Gasteiger partial charge >= 0.3 is 5.70 Å². The third kappa shape index (κ3) is 3.40. The highest BCUT2D eigenvalue weighted by Crippen LogP contribution is 2.24. The van der Waals surface area contributed by atoms with E-state index in [9.17, 15) is 10.1 Å². The summed E-state index contributed by atoms with van der Waals surface area (Å²) in [4.78, 5) is 11.9. The van der Waals surface area contributed by atoms with Crippen molar-refractivity contribution in [3.63, 3.8) is 0 Å². The minimum absolute atomic E-state index is 0.0139. The van der Waals surface area contributed by atoms with Gasteiger partial charge in [-0.3, -0.25) is 10.1 Å². The molecule has 0 saturated carbocycles. The Balaban J connectivity index is 1.67. The molecule has 0 spiro atoms. The van der Waals surface area contributed by atoms with Crippen LogP contribution >= 0.6 is 11.6 Å². The first-order valence-corrected chi connectivity index (χ1v) is 10.7. The van der Waals surface area contributed by atoms with Gasteiger partial charge in [0, 0.05) is 0 Å². The predicted molar refractivity (Wildman–Crippen MR) is 127 cm³/mol. The first-order valence-electron chi connectivity index (χ1n) is 10.3. The number of rotatable bonds is 5. The van der Waals surface area contributed by atoms with Gasteiger partial charge in [0.25, 0.3) is 0 Å². The quantitative estimate of drug-likeness (QED) is 0.206. The van der Waals surface area contributed by atoms with E-state index >= 15 is 0 Å². The number of allylic oxidation sites excluding steroid dienone is 1. The average molecular weight is 485 g/mol. The summed E-state index contributed by atoms with van der Waals surface area (Å²) in [7, 11) is 0. The van der Waals surface area contributed by atoms with Crippen LogP contribution in [-0.2, 0) is 0 Å². The van der Waals surface area contributed by atoms with E-state index in [4.69, 9.17) is 11.6 Å². The van der Waals surface area contributed by atoms with Crippen LogP contribution in [0.3, 0.4) is 0 Å². The number of para-hydroxylation sites is 3. The van der Waals surface area contributed by atoms with Crippen LogP contribution in [-0.4, -0.2) is 49.9 Å². The molecular weight excluding hydrogens is 472 g/mol. The first-order chi connectivity index (χ1) is 17.1. The van der Waals surface area contributed by atoms with Gasteiger partial charge in [-0.2, -0.15) is 9.36 Å². The summed E-state index contributed by atoms with van der Waals surface area (Å²) in [6, 6.07) is 21.3. The van der Waals surface area contributed by atoms with Crippen LogP contribution in [0.5, 0.6) is 0 Å². The lowest BCUT2D eigenvalue weighted by Crippen LogP contribution is -2.20. The predicted octanol–water partition coefficient (Wildman–Crippen LogP) is 3.43. The second-order valence-corrected chi connectivity index (χ2v) is 7.79. The van der Waals surface area contributed by atoms with Crippen LogP contribution in [0, 0.1) is 15.9 Å². The first kappa shape index (κ1) is 20.6. The molecule has 0 fully saturated rings.